The number of hydrogen-bond donors (Lipinski definition) is 0. The Morgan fingerprint density at radius 1 is 1.07 bits per heavy atom. The number of esters is 1. The van der Waals surface area contributed by atoms with Gasteiger partial charge in [0.2, 0.25) is 16.9 Å². The molecule has 6 heteroatoms. The van der Waals surface area contributed by atoms with Gasteiger partial charge in [-0.1, -0.05) is 42.0 Å². The Kier molecular flexibility index (Phi) is 5.39. The van der Waals surface area contributed by atoms with Crippen molar-refractivity contribution in [2.45, 2.75) is 26.6 Å². The number of ether oxygens (including phenoxy) is 2. The summed E-state index contributed by atoms with van der Waals surface area (Å²) in [4.78, 5) is 25.6. The lowest BCUT2D eigenvalue weighted by molar-refractivity contribution is -0.152. The minimum absolute atomic E-state index is 0.0905. The van der Waals surface area contributed by atoms with Gasteiger partial charge in [0, 0.05) is 0 Å². The van der Waals surface area contributed by atoms with Gasteiger partial charge in [0.25, 0.3) is 0 Å². The molecular formula is C24H20O6. The molecule has 0 radical (unpaired) electrons. The molecule has 0 N–H and O–H groups in total. The molecule has 6 nitrogen and oxygen atoms in total. The Morgan fingerprint density at radius 2 is 1.87 bits per heavy atom. The molecule has 2 heterocycles. The lowest BCUT2D eigenvalue weighted by atomic mass is 10.1. The van der Waals surface area contributed by atoms with E-state index in [0.717, 1.165) is 11.1 Å². The summed E-state index contributed by atoms with van der Waals surface area (Å²) in [7, 11) is 0. The van der Waals surface area contributed by atoms with Crippen LogP contribution in [0.2, 0.25) is 0 Å². The fourth-order valence-electron chi connectivity index (χ4n) is 3.04. The number of carbonyl (C=O) groups excluding carboxylic acids is 1. The minimum Gasteiger partial charge on any atom is -0.471 e. The van der Waals surface area contributed by atoms with Crippen molar-refractivity contribution in [2.24, 2.45) is 0 Å². The van der Waals surface area contributed by atoms with E-state index >= 15 is 0 Å². The first-order valence-electron chi connectivity index (χ1n) is 9.51. The van der Waals surface area contributed by atoms with Crippen LogP contribution in [0.4, 0.5) is 0 Å². The summed E-state index contributed by atoms with van der Waals surface area (Å²) in [5.41, 5.74) is 1.79. The summed E-state index contributed by atoms with van der Waals surface area (Å²) >= 11 is 0. The van der Waals surface area contributed by atoms with Gasteiger partial charge < -0.3 is 18.3 Å². The molecule has 0 saturated heterocycles. The van der Waals surface area contributed by atoms with Crippen LogP contribution in [0, 0.1) is 6.92 Å². The van der Waals surface area contributed by atoms with Gasteiger partial charge in [-0.05, 0) is 43.7 Å². The largest absolute Gasteiger partial charge is 0.471 e. The summed E-state index contributed by atoms with van der Waals surface area (Å²) in [5, 5.41) is 0.366. The normalized spacial score (nSPS) is 11.9. The summed E-state index contributed by atoms with van der Waals surface area (Å²) in [6, 6.07) is 17.9. The zero-order chi connectivity index (χ0) is 21.1. The first-order chi connectivity index (χ1) is 14.5. The van der Waals surface area contributed by atoms with Crippen LogP contribution in [0.25, 0.3) is 22.5 Å². The smallest absolute Gasteiger partial charge is 0.347 e. The van der Waals surface area contributed by atoms with Crippen molar-refractivity contribution >= 4 is 16.9 Å². The van der Waals surface area contributed by atoms with Gasteiger partial charge in [0.1, 0.15) is 12.2 Å². The van der Waals surface area contributed by atoms with Crippen molar-refractivity contribution in [3.05, 3.63) is 88.3 Å². The van der Waals surface area contributed by atoms with E-state index in [4.69, 9.17) is 18.3 Å². The predicted molar refractivity (Wildman–Crippen MR) is 111 cm³/mol. The van der Waals surface area contributed by atoms with Crippen LogP contribution >= 0.6 is 0 Å². The number of benzene rings is 2. The molecule has 0 aliphatic carbocycles. The predicted octanol–water partition coefficient (Wildman–Crippen LogP) is 4.87. The highest BCUT2D eigenvalue weighted by atomic mass is 16.6. The van der Waals surface area contributed by atoms with Gasteiger partial charge in [0.05, 0.1) is 11.6 Å². The first kappa shape index (κ1) is 19.5. The van der Waals surface area contributed by atoms with Gasteiger partial charge in [-0.25, -0.2) is 4.79 Å². The second kappa shape index (κ2) is 8.29. The standard InChI is InChI=1S/C24H20O6/c1-15-10-11-19-18(13-15)21(25)23(22(30-19)20-9-6-12-27-20)29-16(2)24(26)28-14-17-7-4-3-5-8-17/h3-13,16H,14H2,1-2H3/t16-/m0/s1. The van der Waals surface area contributed by atoms with E-state index in [2.05, 4.69) is 0 Å². The van der Waals surface area contributed by atoms with Crippen LogP contribution in [0.1, 0.15) is 18.1 Å². The lowest BCUT2D eigenvalue weighted by Crippen LogP contribution is -2.28. The number of carbonyl (C=O) groups is 1. The zero-order valence-electron chi connectivity index (χ0n) is 16.6. The summed E-state index contributed by atoms with van der Waals surface area (Å²) in [5.74, 6) is -0.223. The van der Waals surface area contributed by atoms with Gasteiger partial charge in [-0.2, -0.15) is 0 Å². The molecule has 2 aromatic heterocycles. The van der Waals surface area contributed by atoms with Gasteiger partial charge in [-0.3, -0.25) is 4.79 Å². The maximum Gasteiger partial charge on any atom is 0.347 e. The van der Waals surface area contributed by atoms with Crippen molar-refractivity contribution in [2.75, 3.05) is 0 Å². The molecule has 4 aromatic rings. The average Bonchev–Trinajstić information content (AvgIpc) is 3.29. The summed E-state index contributed by atoms with van der Waals surface area (Å²) in [6.07, 6.45) is 0.447. The molecule has 152 valence electrons. The maximum atomic E-state index is 13.2. The van der Waals surface area contributed by atoms with Crippen molar-refractivity contribution in [3.63, 3.8) is 0 Å². The minimum atomic E-state index is -1.02. The zero-order valence-corrected chi connectivity index (χ0v) is 16.6. The molecular weight excluding hydrogens is 384 g/mol. The van der Waals surface area contributed by atoms with Crippen LogP contribution in [-0.2, 0) is 16.1 Å². The van der Waals surface area contributed by atoms with Crippen LogP contribution in [0.5, 0.6) is 5.75 Å². The third-order valence-electron chi connectivity index (χ3n) is 4.60. The molecule has 2 aromatic carbocycles. The molecule has 0 aliphatic rings. The lowest BCUT2D eigenvalue weighted by Gasteiger charge is -2.15. The monoisotopic (exact) mass is 404 g/mol. The van der Waals surface area contributed by atoms with E-state index in [1.807, 2.05) is 43.3 Å². The third kappa shape index (κ3) is 3.98. The molecule has 30 heavy (non-hydrogen) atoms. The van der Waals surface area contributed by atoms with Crippen LogP contribution in [-0.4, -0.2) is 12.1 Å². The molecule has 0 bridgehead atoms. The molecule has 0 fully saturated rings. The molecule has 0 saturated carbocycles. The molecule has 1 atom stereocenters. The van der Waals surface area contributed by atoms with Crippen molar-refractivity contribution in [1.82, 2.24) is 0 Å². The molecule has 0 aliphatic heterocycles. The third-order valence-corrected chi connectivity index (χ3v) is 4.60. The SMILES string of the molecule is Cc1ccc2oc(-c3ccco3)c(O[C@@H](C)C(=O)OCc3ccccc3)c(=O)c2c1. The van der Waals surface area contributed by atoms with Gasteiger partial charge >= 0.3 is 5.97 Å². The number of fused-ring (bicyclic) bond motifs is 1. The van der Waals surface area contributed by atoms with E-state index in [9.17, 15) is 9.59 Å². The Morgan fingerprint density at radius 3 is 2.60 bits per heavy atom. The quantitative estimate of drug-likeness (QED) is 0.427. The van der Waals surface area contributed by atoms with Crippen molar-refractivity contribution in [3.8, 4) is 17.3 Å². The van der Waals surface area contributed by atoms with Crippen LogP contribution in [0.15, 0.2) is 80.6 Å². The van der Waals surface area contributed by atoms with E-state index in [-0.39, 0.29) is 23.5 Å². The Bertz CT molecular complexity index is 1220. The summed E-state index contributed by atoms with van der Waals surface area (Å²) in [6.45, 7) is 3.52. The van der Waals surface area contributed by atoms with E-state index in [0.29, 0.717) is 16.7 Å². The number of furan rings is 1. The van der Waals surface area contributed by atoms with E-state index in [1.165, 1.54) is 13.2 Å². The fraction of sp³-hybridized carbons (Fsp3) is 0.167. The Balaban J connectivity index is 1.65. The first-order valence-corrected chi connectivity index (χ1v) is 9.51. The summed E-state index contributed by atoms with van der Waals surface area (Å²) < 4.78 is 22.4. The Labute approximate surface area is 172 Å². The molecule has 0 amide bonds. The highest BCUT2D eigenvalue weighted by Crippen LogP contribution is 2.32. The number of hydrogen-bond acceptors (Lipinski definition) is 6. The number of aryl methyl sites for hydroxylation is 1. The fourth-order valence-corrected chi connectivity index (χ4v) is 3.04. The van der Waals surface area contributed by atoms with Gasteiger partial charge in [0.15, 0.2) is 11.9 Å². The maximum absolute atomic E-state index is 13.2. The Hall–Kier alpha value is -3.80. The van der Waals surface area contributed by atoms with Gasteiger partial charge in [-0.15, -0.1) is 0 Å². The van der Waals surface area contributed by atoms with Crippen LogP contribution in [0.3, 0.4) is 0 Å². The highest BCUT2D eigenvalue weighted by Gasteiger charge is 2.25. The van der Waals surface area contributed by atoms with Crippen LogP contribution < -0.4 is 10.2 Å². The number of rotatable bonds is 6. The van der Waals surface area contributed by atoms with E-state index < -0.39 is 12.1 Å². The second-order valence-corrected chi connectivity index (χ2v) is 6.92. The van der Waals surface area contributed by atoms with Crippen molar-refractivity contribution < 1.29 is 23.1 Å². The molecule has 0 spiro atoms. The molecule has 4 rings (SSSR count). The second-order valence-electron chi connectivity index (χ2n) is 6.92. The highest BCUT2D eigenvalue weighted by molar-refractivity contribution is 5.82. The van der Waals surface area contributed by atoms with E-state index in [1.54, 1.807) is 24.3 Å². The van der Waals surface area contributed by atoms with Crippen molar-refractivity contribution in [1.29, 1.82) is 0 Å². The topological polar surface area (TPSA) is 78.9 Å². The average molecular weight is 404 g/mol. The molecule has 0 unspecified atom stereocenters.